The second-order valence-electron chi connectivity index (χ2n) is 5.09. The lowest BCUT2D eigenvalue weighted by atomic mass is 9.68. The smallest absolute Gasteiger partial charge is 0.242 e. The molecule has 0 radical (unpaired) electrons. The predicted octanol–water partition coefficient (Wildman–Crippen LogP) is 3.58. The van der Waals surface area contributed by atoms with Crippen LogP contribution in [0.3, 0.4) is 0 Å². The lowest BCUT2D eigenvalue weighted by molar-refractivity contribution is -0.116. The Labute approximate surface area is 89.8 Å². The Morgan fingerprint density at radius 3 is 2.31 bits per heavy atom. The van der Waals surface area contributed by atoms with Crippen molar-refractivity contribution >= 4 is 28.4 Å². The quantitative estimate of drug-likeness (QED) is 0.490. The fourth-order valence-electron chi connectivity index (χ4n) is 2.62. The van der Waals surface area contributed by atoms with Crippen LogP contribution in [0.15, 0.2) is 0 Å². The van der Waals surface area contributed by atoms with Crippen LogP contribution in [0.4, 0.5) is 0 Å². The van der Waals surface area contributed by atoms with Gasteiger partial charge in [0.05, 0.1) is 0 Å². The van der Waals surface area contributed by atoms with Gasteiger partial charge in [-0.2, -0.15) is 0 Å². The van der Waals surface area contributed by atoms with Crippen molar-refractivity contribution in [2.24, 2.45) is 11.3 Å². The molecule has 1 fully saturated rings. The van der Waals surface area contributed by atoms with Gasteiger partial charge in [0.2, 0.25) is 5.24 Å². The maximum Gasteiger partial charge on any atom is 0.242 e. The maximum absolute atomic E-state index is 11.2. The van der Waals surface area contributed by atoms with Crippen LogP contribution in [0.1, 0.15) is 40.0 Å². The highest BCUT2D eigenvalue weighted by atomic mass is 35.5. The third kappa shape index (κ3) is 2.60. The Morgan fingerprint density at radius 2 is 1.92 bits per heavy atom. The molecule has 0 aromatic rings. The van der Waals surface area contributed by atoms with Gasteiger partial charge in [0.1, 0.15) is 4.87 Å². The average molecular weight is 223 g/mol. The SMILES string of the molecule is CC1CC(C)(C)CC(Cl)(C(=O)Cl)C1. The van der Waals surface area contributed by atoms with E-state index in [4.69, 9.17) is 23.2 Å². The first-order valence-corrected chi connectivity index (χ1v) is 5.40. The van der Waals surface area contributed by atoms with E-state index in [1.807, 2.05) is 0 Å². The van der Waals surface area contributed by atoms with Crippen molar-refractivity contribution in [2.45, 2.75) is 44.9 Å². The van der Waals surface area contributed by atoms with Crippen LogP contribution in [0.25, 0.3) is 0 Å². The highest BCUT2D eigenvalue weighted by molar-refractivity contribution is 6.70. The number of hydrogen-bond donors (Lipinski definition) is 0. The summed E-state index contributed by atoms with van der Waals surface area (Å²) in [5.74, 6) is 0.476. The van der Waals surface area contributed by atoms with E-state index in [0.717, 1.165) is 6.42 Å². The van der Waals surface area contributed by atoms with Gasteiger partial charge in [-0.25, -0.2) is 0 Å². The van der Waals surface area contributed by atoms with Crippen molar-refractivity contribution in [2.75, 3.05) is 0 Å². The largest absolute Gasteiger partial charge is 0.279 e. The molecule has 0 spiro atoms. The molecule has 76 valence electrons. The Kier molecular flexibility index (Phi) is 2.99. The van der Waals surface area contributed by atoms with Crippen molar-refractivity contribution in [1.29, 1.82) is 0 Å². The van der Waals surface area contributed by atoms with Crippen molar-refractivity contribution in [1.82, 2.24) is 0 Å². The molecule has 1 rings (SSSR count). The zero-order valence-electron chi connectivity index (χ0n) is 8.36. The molecule has 0 N–H and O–H groups in total. The Morgan fingerprint density at radius 1 is 1.38 bits per heavy atom. The van der Waals surface area contributed by atoms with E-state index in [-0.39, 0.29) is 5.41 Å². The van der Waals surface area contributed by atoms with Gasteiger partial charge in [0, 0.05) is 0 Å². The predicted molar refractivity (Wildman–Crippen MR) is 56.2 cm³/mol. The van der Waals surface area contributed by atoms with Gasteiger partial charge >= 0.3 is 0 Å². The molecule has 1 aliphatic rings. The minimum Gasteiger partial charge on any atom is -0.279 e. The van der Waals surface area contributed by atoms with Crippen LogP contribution in [-0.2, 0) is 4.79 Å². The molecule has 13 heavy (non-hydrogen) atoms. The van der Waals surface area contributed by atoms with Gasteiger partial charge in [0.25, 0.3) is 0 Å². The Bertz CT molecular complexity index is 225. The number of rotatable bonds is 1. The summed E-state index contributed by atoms with van der Waals surface area (Å²) in [5.41, 5.74) is 0.129. The molecule has 2 atom stereocenters. The summed E-state index contributed by atoms with van der Waals surface area (Å²) >= 11 is 11.7. The number of carbonyl (C=O) groups is 1. The fraction of sp³-hybridized carbons (Fsp3) is 0.900. The molecule has 0 saturated heterocycles. The third-order valence-corrected chi connectivity index (χ3v) is 3.60. The molecule has 0 amide bonds. The lowest BCUT2D eigenvalue weighted by Crippen LogP contribution is -2.42. The van der Waals surface area contributed by atoms with E-state index in [2.05, 4.69) is 20.8 Å². The van der Waals surface area contributed by atoms with E-state index < -0.39 is 10.1 Å². The molecule has 0 aromatic heterocycles. The van der Waals surface area contributed by atoms with E-state index in [9.17, 15) is 4.79 Å². The first-order chi connectivity index (χ1) is 5.75. The zero-order chi connectivity index (χ0) is 10.3. The molecule has 0 bridgehead atoms. The van der Waals surface area contributed by atoms with Gasteiger partial charge in [-0.15, -0.1) is 11.6 Å². The molecule has 1 saturated carbocycles. The first kappa shape index (κ1) is 11.3. The lowest BCUT2D eigenvalue weighted by Gasteiger charge is -2.42. The number of halogens is 2. The molecule has 0 aliphatic heterocycles. The first-order valence-electron chi connectivity index (χ1n) is 4.64. The second kappa shape index (κ2) is 3.43. The summed E-state index contributed by atoms with van der Waals surface area (Å²) in [6.07, 6.45) is 2.51. The minimum absolute atomic E-state index is 0.129. The Hall–Kier alpha value is 0.250. The summed E-state index contributed by atoms with van der Waals surface area (Å²) in [7, 11) is 0. The van der Waals surface area contributed by atoms with Crippen molar-refractivity contribution in [3.63, 3.8) is 0 Å². The molecule has 1 aliphatic carbocycles. The number of hydrogen-bond acceptors (Lipinski definition) is 1. The summed E-state index contributed by atoms with van der Waals surface area (Å²) in [6.45, 7) is 6.40. The standard InChI is InChI=1S/C10H16Cl2O/c1-7-4-9(2,3)6-10(12,5-7)8(11)13/h7H,4-6H2,1-3H3. The van der Waals surface area contributed by atoms with Gasteiger partial charge < -0.3 is 0 Å². The van der Waals surface area contributed by atoms with E-state index in [1.54, 1.807) is 0 Å². The highest BCUT2D eigenvalue weighted by Crippen LogP contribution is 2.47. The van der Waals surface area contributed by atoms with Crippen LogP contribution >= 0.6 is 23.2 Å². The molecule has 3 heteroatoms. The van der Waals surface area contributed by atoms with E-state index in [0.29, 0.717) is 18.8 Å². The summed E-state index contributed by atoms with van der Waals surface area (Å²) in [6, 6.07) is 0. The van der Waals surface area contributed by atoms with Crippen molar-refractivity contribution in [3.05, 3.63) is 0 Å². The highest BCUT2D eigenvalue weighted by Gasteiger charge is 2.45. The maximum atomic E-state index is 11.2. The van der Waals surface area contributed by atoms with Crippen LogP contribution < -0.4 is 0 Å². The van der Waals surface area contributed by atoms with Crippen LogP contribution in [-0.4, -0.2) is 10.1 Å². The molecule has 0 aromatic carbocycles. The zero-order valence-corrected chi connectivity index (χ0v) is 9.87. The molecule has 0 heterocycles. The molecule has 2 unspecified atom stereocenters. The van der Waals surface area contributed by atoms with E-state index in [1.165, 1.54) is 0 Å². The van der Waals surface area contributed by atoms with Crippen LogP contribution in [0.2, 0.25) is 0 Å². The summed E-state index contributed by atoms with van der Waals surface area (Å²) in [4.78, 5) is 10.4. The monoisotopic (exact) mass is 222 g/mol. The van der Waals surface area contributed by atoms with Crippen molar-refractivity contribution < 1.29 is 4.79 Å². The van der Waals surface area contributed by atoms with Crippen molar-refractivity contribution in [3.8, 4) is 0 Å². The van der Waals surface area contributed by atoms with Crippen LogP contribution in [0.5, 0.6) is 0 Å². The van der Waals surface area contributed by atoms with Gasteiger partial charge in [-0.3, -0.25) is 4.79 Å². The molecular formula is C10H16Cl2O. The van der Waals surface area contributed by atoms with E-state index >= 15 is 0 Å². The summed E-state index contributed by atoms with van der Waals surface area (Å²) in [5, 5.41) is -0.395. The summed E-state index contributed by atoms with van der Waals surface area (Å²) < 4.78 is 0. The number of alkyl halides is 1. The van der Waals surface area contributed by atoms with Gasteiger partial charge in [0.15, 0.2) is 0 Å². The van der Waals surface area contributed by atoms with Gasteiger partial charge in [-0.1, -0.05) is 20.8 Å². The minimum atomic E-state index is -0.817. The molecular weight excluding hydrogens is 207 g/mol. The second-order valence-corrected chi connectivity index (χ2v) is 6.16. The van der Waals surface area contributed by atoms with Crippen LogP contribution in [0, 0.1) is 11.3 Å². The average Bonchev–Trinajstić information content (AvgIpc) is 1.79. The third-order valence-electron chi connectivity index (χ3n) is 2.68. The molecule has 1 nitrogen and oxygen atoms in total. The Balaban J connectivity index is 2.84. The fourth-order valence-corrected chi connectivity index (χ4v) is 3.39. The number of carbonyl (C=O) groups excluding carboxylic acids is 1. The topological polar surface area (TPSA) is 17.1 Å². The van der Waals surface area contributed by atoms with Gasteiger partial charge in [-0.05, 0) is 42.2 Å². The normalized spacial score (nSPS) is 38.7.